The second-order valence-electron chi connectivity index (χ2n) is 5.18. The topological polar surface area (TPSA) is 40.5 Å². The second kappa shape index (κ2) is 4.94. The molecule has 0 spiro atoms. The summed E-state index contributed by atoms with van der Waals surface area (Å²) in [6.45, 7) is 4.59. The summed E-state index contributed by atoms with van der Waals surface area (Å²) in [6.07, 6.45) is 1.03. The van der Waals surface area contributed by atoms with Gasteiger partial charge in [-0.1, -0.05) is 0 Å². The Balaban J connectivity index is 1.95. The number of hydrogen-bond acceptors (Lipinski definition) is 4. The third kappa shape index (κ3) is 2.10. The second-order valence-corrected chi connectivity index (χ2v) is 6.18. The van der Waals surface area contributed by atoms with Crippen molar-refractivity contribution in [1.82, 2.24) is 0 Å². The first kappa shape index (κ1) is 13.2. The molecule has 1 aromatic heterocycles. The number of anilines is 1. The number of hydrogen-bond donors (Lipinski definition) is 1. The first-order chi connectivity index (χ1) is 9.58. The molecule has 1 aliphatic rings. The van der Waals surface area contributed by atoms with Crippen molar-refractivity contribution in [1.29, 1.82) is 0 Å². The minimum Gasteiger partial charge on any atom is -0.507 e. The van der Waals surface area contributed by atoms with Crippen molar-refractivity contribution in [2.45, 2.75) is 26.3 Å². The van der Waals surface area contributed by atoms with Crippen LogP contribution in [0, 0.1) is 0 Å². The van der Waals surface area contributed by atoms with Gasteiger partial charge in [0.25, 0.3) is 0 Å². The molecular weight excluding hydrogens is 270 g/mol. The molecule has 0 fully saturated rings. The summed E-state index contributed by atoms with van der Waals surface area (Å²) in [4.78, 5) is 15.1. The zero-order valence-corrected chi connectivity index (χ0v) is 12.4. The molecule has 1 aromatic carbocycles. The van der Waals surface area contributed by atoms with Gasteiger partial charge in [0.1, 0.15) is 5.75 Å². The molecule has 0 radical (unpaired) electrons. The quantitative estimate of drug-likeness (QED) is 0.855. The average molecular weight is 287 g/mol. The van der Waals surface area contributed by atoms with Crippen molar-refractivity contribution >= 4 is 22.8 Å². The Morgan fingerprint density at radius 3 is 2.90 bits per heavy atom. The van der Waals surface area contributed by atoms with Crippen LogP contribution in [0.4, 0.5) is 5.69 Å². The molecule has 0 amide bonds. The Hall–Kier alpha value is -1.81. The van der Waals surface area contributed by atoms with Crippen molar-refractivity contribution in [2.75, 3.05) is 11.4 Å². The van der Waals surface area contributed by atoms with Crippen molar-refractivity contribution in [3.8, 4) is 5.75 Å². The molecule has 1 aliphatic heterocycles. The molecule has 1 atom stereocenters. The van der Waals surface area contributed by atoms with Gasteiger partial charge in [-0.05, 0) is 49.4 Å². The normalized spacial score (nSPS) is 17.9. The first-order valence-electron chi connectivity index (χ1n) is 6.75. The van der Waals surface area contributed by atoms with Gasteiger partial charge in [-0.3, -0.25) is 4.79 Å². The highest BCUT2D eigenvalue weighted by atomic mass is 32.1. The fraction of sp³-hybridized carbons (Fsp3) is 0.312. The van der Waals surface area contributed by atoms with Crippen molar-refractivity contribution in [2.24, 2.45) is 0 Å². The number of rotatable bonds is 2. The third-order valence-corrected chi connectivity index (χ3v) is 4.97. The van der Waals surface area contributed by atoms with Gasteiger partial charge in [0, 0.05) is 23.2 Å². The predicted octanol–water partition coefficient (Wildman–Crippen LogP) is 3.78. The van der Waals surface area contributed by atoms with Crippen LogP contribution in [0.15, 0.2) is 29.6 Å². The van der Waals surface area contributed by atoms with E-state index in [9.17, 15) is 9.90 Å². The average Bonchev–Trinajstić information content (AvgIpc) is 2.87. The molecule has 2 aromatic rings. The summed E-state index contributed by atoms with van der Waals surface area (Å²) in [6, 6.07) is 7.81. The number of phenols is 1. The van der Waals surface area contributed by atoms with Gasteiger partial charge in [0.05, 0.1) is 11.6 Å². The molecule has 0 aliphatic carbocycles. The predicted molar refractivity (Wildman–Crippen MR) is 81.9 cm³/mol. The molecule has 0 saturated carbocycles. The first-order valence-corrected chi connectivity index (χ1v) is 7.62. The van der Waals surface area contributed by atoms with Crippen LogP contribution in [0.2, 0.25) is 0 Å². The summed E-state index contributed by atoms with van der Waals surface area (Å²) >= 11 is 1.82. The Morgan fingerprint density at radius 2 is 2.20 bits per heavy atom. The number of ketones is 1. The number of aromatic hydroxyl groups is 1. The van der Waals surface area contributed by atoms with E-state index < -0.39 is 0 Å². The van der Waals surface area contributed by atoms with Crippen LogP contribution in [0.5, 0.6) is 5.75 Å². The molecule has 3 rings (SSSR count). The Labute approximate surface area is 122 Å². The van der Waals surface area contributed by atoms with E-state index >= 15 is 0 Å². The maximum atomic E-state index is 11.4. The van der Waals surface area contributed by atoms with E-state index in [4.69, 9.17) is 0 Å². The maximum Gasteiger partial charge on any atom is 0.163 e. The van der Waals surface area contributed by atoms with E-state index in [0.717, 1.165) is 18.7 Å². The van der Waals surface area contributed by atoms with E-state index in [1.165, 1.54) is 17.4 Å². The minimum atomic E-state index is -0.110. The van der Waals surface area contributed by atoms with Gasteiger partial charge in [0.2, 0.25) is 0 Å². The molecule has 1 unspecified atom stereocenters. The van der Waals surface area contributed by atoms with Crippen molar-refractivity contribution in [3.63, 3.8) is 0 Å². The lowest BCUT2D eigenvalue weighted by molar-refractivity contribution is 0.101. The van der Waals surface area contributed by atoms with Crippen LogP contribution in [-0.2, 0) is 6.42 Å². The third-order valence-electron chi connectivity index (χ3n) is 3.97. The fourth-order valence-electron chi connectivity index (χ4n) is 2.86. The van der Waals surface area contributed by atoms with Gasteiger partial charge < -0.3 is 10.0 Å². The smallest absolute Gasteiger partial charge is 0.163 e. The van der Waals surface area contributed by atoms with E-state index in [1.807, 2.05) is 17.4 Å². The van der Waals surface area contributed by atoms with Gasteiger partial charge in [-0.25, -0.2) is 0 Å². The molecule has 3 nitrogen and oxygen atoms in total. The minimum absolute atomic E-state index is 0.0679. The SMILES string of the molecule is CC(=O)c1ccc(N2CCc3sccc3C2C)cc1O. The number of carbonyl (C=O) groups excluding carboxylic acids is 1. The number of carbonyl (C=O) groups is 1. The summed E-state index contributed by atoms with van der Waals surface area (Å²) in [5.74, 6) is -0.0424. The molecule has 4 heteroatoms. The lowest BCUT2D eigenvalue weighted by Gasteiger charge is -2.35. The monoisotopic (exact) mass is 287 g/mol. The summed E-state index contributed by atoms with van der Waals surface area (Å²) < 4.78 is 0. The number of fused-ring (bicyclic) bond motifs is 1. The van der Waals surface area contributed by atoms with E-state index in [2.05, 4.69) is 23.3 Å². The number of phenolic OH excluding ortho intramolecular Hbond substituents is 1. The lowest BCUT2D eigenvalue weighted by atomic mass is 10.00. The summed E-state index contributed by atoms with van der Waals surface area (Å²) in [7, 11) is 0. The van der Waals surface area contributed by atoms with E-state index in [-0.39, 0.29) is 11.5 Å². The zero-order valence-electron chi connectivity index (χ0n) is 11.6. The fourth-order valence-corrected chi connectivity index (χ4v) is 3.82. The largest absolute Gasteiger partial charge is 0.507 e. The molecule has 104 valence electrons. The van der Waals surface area contributed by atoms with Crippen LogP contribution < -0.4 is 4.90 Å². The highest BCUT2D eigenvalue weighted by Crippen LogP contribution is 2.37. The summed E-state index contributed by atoms with van der Waals surface area (Å²) in [5, 5.41) is 12.1. The van der Waals surface area contributed by atoms with Crippen LogP contribution in [-0.4, -0.2) is 17.4 Å². The molecule has 20 heavy (non-hydrogen) atoms. The van der Waals surface area contributed by atoms with Crippen LogP contribution >= 0.6 is 11.3 Å². The molecule has 2 heterocycles. The maximum absolute atomic E-state index is 11.4. The van der Waals surface area contributed by atoms with Crippen molar-refractivity contribution < 1.29 is 9.90 Å². The Kier molecular flexibility index (Phi) is 3.26. The number of nitrogens with zero attached hydrogens (tertiary/aromatic N) is 1. The highest BCUT2D eigenvalue weighted by molar-refractivity contribution is 7.10. The van der Waals surface area contributed by atoms with E-state index in [0.29, 0.717) is 11.6 Å². The van der Waals surface area contributed by atoms with Gasteiger partial charge in [-0.15, -0.1) is 11.3 Å². The van der Waals surface area contributed by atoms with Gasteiger partial charge >= 0.3 is 0 Å². The van der Waals surface area contributed by atoms with Gasteiger partial charge in [0.15, 0.2) is 5.78 Å². The van der Waals surface area contributed by atoms with E-state index in [1.54, 1.807) is 12.1 Å². The molecule has 1 N–H and O–H groups in total. The zero-order chi connectivity index (χ0) is 14.3. The van der Waals surface area contributed by atoms with Gasteiger partial charge in [-0.2, -0.15) is 0 Å². The standard InChI is InChI=1S/C16H17NO2S/c1-10-13-6-8-20-16(13)5-7-17(10)12-3-4-14(11(2)18)15(19)9-12/h3-4,6,8-10,19H,5,7H2,1-2H3. The Morgan fingerprint density at radius 1 is 1.40 bits per heavy atom. The van der Waals surface area contributed by atoms with Crippen molar-refractivity contribution in [3.05, 3.63) is 45.6 Å². The number of Topliss-reactive ketones (excluding diaryl/α,β-unsaturated/α-hetero) is 1. The Bertz CT molecular complexity index is 662. The van der Waals surface area contributed by atoms with Crippen LogP contribution in [0.25, 0.3) is 0 Å². The molecule has 0 saturated heterocycles. The molecule has 0 bridgehead atoms. The number of thiophene rings is 1. The lowest BCUT2D eigenvalue weighted by Crippen LogP contribution is -2.33. The highest BCUT2D eigenvalue weighted by Gasteiger charge is 2.25. The van der Waals surface area contributed by atoms with Crippen LogP contribution in [0.1, 0.15) is 40.7 Å². The summed E-state index contributed by atoms with van der Waals surface area (Å²) in [5.41, 5.74) is 2.72. The number of benzene rings is 1. The molecular formula is C16H17NO2S. The van der Waals surface area contributed by atoms with Crippen LogP contribution in [0.3, 0.4) is 0 Å².